The van der Waals surface area contributed by atoms with Crippen LogP contribution in [0.2, 0.25) is 0 Å². The van der Waals surface area contributed by atoms with Gasteiger partial charge >= 0.3 is 6.08 Å². The monoisotopic (exact) mass is 358 g/mol. The van der Waals surface area contributed by atoms with Crippen LogP contribution in [0.3, 0.4) is 0 Å². The molecule has 0 heterocycles. The fourth-order valence-corrected chi connectivity index (χ4v) is 4.54. The van der Waals surface area contributed by atoms with Crippen molar-refractivity contribution in [2.75, 3.05) is 6.61 Å². The number of ether oxygens (including phenoxy) is 1. The molecule has 2 rings (SSSR count). The third-order valence-corrected chi connectivity index (χ3v) is 6.10. The van der Waals surface area contributed by atoms with Crippen molar-refractivity contribution in [3.8, 4) is 0 Å². The van der Waals surface area contributed by atoms with E-state index < -0.39 is 17.8 Å². The van der Waals surface area contributed by atoms with Gasteiger partial charge in [0, 0.05) is 12.5 Å². The molecule has 2 fully saturated rings. The molecule has 1 nitrogen and oxygen atoms in total. The highest BCUT2D eigenvalue weighted by atomic mass is 19.3. The maximum absolute atomic E-state index is 13.4. The third kappa shape index (κ3) is 6.80. The second-order valence-electron chi connectivity index (χ2n) is 7.77. The van der Waals surface area contributed by atoms with Crippen molar-refractivity contribution in [2.45, 2.75) is 83.2 Å². The van der Waals surface area contributed by atoms with Gasteiger partial charge in [-0.05, 0) is 82.5 Å². The Morgan fingerprint density at radius 3 is 2.00 bits per heavy atom. The van der Waals surface area contributed by atoms with E-state index in [1.807, 2.05) is 6.08 Å². The van der Waals surface area contributed by atoms with Crippen LogP contribution >= 0.6 is 0 Å². The predicted molar refractivity (Wildman–Crippen MR) is 96.2 cm³/mol. The quantitative estimate of drug-likeness (QED) is 0.313. The number of hydrogen-bond donors (Lipinski definition) is 0. The van der Waals surface area contributed by atoms with Crippen LogP contribution in [0, 0.1) is 17.8 Å². The molecule has 0 aromatic heterocycles. The van der Waals surface area contributed by atoms with E-state index in [9.17, 15) is 13.2 Å². The predicted octanol–water partition coefficient (Wildman–Crippen LogP) is 7.19. The molecule has 0 aliphatic heterocycles. The number of hydrogen-bond acceptors (Lipinski definition) is 1. The second kappa shape index (κ2) is 11.1. The third-order valence-electron chi connectivity index (χ3n) is 6.10. The van der Waals surface area contributed by atoms with E-state index in [1.165, 1.54) is 25.7 Å². The lowest BCUT2D eigenvalue weighted by Crippen LogP contribution is -2.29. The van der Waals surface area contributed by atoms with E-state index in [4.69, 9.17) is 4.74 Å². The van der Waals surface area contributed by atoms with Crippen LogP contribution in [0.4, 0.5) is 13.2 Å². The maximum atomic E-state index is 13.4. The Bertz CT molecular complexity index is 415. The molecule has 0 unspecified atom stereocenters. The second-order valence-corrected chi connectivity index (χ2v) is 7.77. The van der Waals surface area contributed by atoms with Gasteiger partial charge < -0.3 is 4.74 Å². The minimum atomic E-state index is -2.12. The zero-order valence-electron chi connectivity index (χ0n) is 15.3. The molecule has 4 heteroatoms. The van der Waals surface area contributed by atoms with Gasteiger partial charge in [0.15, 0.2) is 5.83 Å². The maximum Gasteiger partial charge on any atom is 0.301 e. The molecular weight excluding hydrogens is 325 g/mol. The van der Waals surface area contributed by atoms with E-state index in [0.29, 0.717) is 30.8 Å². The highest BCUT2D eigenvalue weighted by Gasteiger charge is 2.33. The van der Waals surface area contributed by atoms with Gasteiger partial charge in [-0.2, -0.15) is 8.78 Å². The Kier molecular flexibility index (Phi) is 9.08. The summed E-state index contributed by atoms with van der Waals surface area (Å²) >= 11 is 0. The van der Waals surface area contributed by atoms with Crippen molar-refractivity contribution in [1.82, 2.24) is 0 Å². The largest absolute Gasteiger partial charge is 0.378 e. The summed E-state index contributed by atoms with van der Waals surface area (Å²) in [5.41, 5.74) is 0. The average molecular weight is 358 g/mol. The summed E-state index contributed by atoms with van der Waals surface area (Å²) in [6.07, 6.45) is 12.4. The first-order chi connectivity index (χ1) is 12.1. The minimum Gasteiger partial charge on any atom is -0.378 e. The van der Waals surface area contributed by atoms with E-state index in [2.05, 4.69) is 6.58 Å². The Morgan fingerprint density at radius 2 is 1.44 bits per heavy atom. The van der Waals surface area contributed by atoms with Crippen molar-refractivity contribution in [3.63, 3.8) is 0 Å². The van der Waals surface area contributed by atoms with Crippen LogP contribution in [-0.2, 0) is 4.74 Å². The average Bonchev–Trinajstić information content (AvgIpc) is 2.64. The summed E-state index contributed by atoms with van der Waals surface area (Å²) in [4.78, 5) is 0. The molecule has 0 N–H and O–H groups in total. The Labute approximate surface area is 150 Å². The molecule has 0 amide bonds. The van der Waals surface area contributed by atoms with Crippen LogP contribution < -0.4 is 0 Å². The summed E-state index contributed by atoms with van der Waals surface area (Å²) in [5, 5.41) is 0. The zero-order chi connectivity index (χ0) is 18.1. The Hall–Kier alpha value is -0.770. The molecule has 0 radical (unpaired) electrons. The normalized spacial score (nSPS) is 30.0. The van der Waals surface area contributed by atoms with Gasteiger partial charge in [0.2, 0.25) is 0 Å². The van der Waals surface area contributed by atoms with Crippen molar-refractivity contribution in [1.29, 1.82) is 0 Å². The Balaban J connectivity index is 1.59. The first kappa shape index (κ1) is 20.5. The number of rotatable bonds is 9. The van der Waals surface area contributed by atoms with Crippen molar-refractivity contribution in [3.05, 3.63) is 24.6 Å². The first-order valence-electron chi connectivity index (χ1n) is 10.0. The summed E-state index contributed by atoms with van der Waals surface area (Å²) < 4.78 is 44.1. The highest BCUT2D eigenvalue weighted by Crippen LogP contribution is 2.43. The van der Waals surface area contributed by atoms with Crippen LogP contribution in [0.5, 0.6) is 0 Å². The lowest BCUT2D eigenvalue weighted by Gasteiger charge is -2.37. The summed E-state index contributed by atoms with van der Waals surface area (Å²) in [6.45, 7) is 4.59. The smallest absolute Gasteiger partial charge is 0.301 e. The number of unbranched alkanes of at least 4 members (excludes halogenated alkanes) is 3. The number of allylic oxidation sites excluding steroid dienone is 2. The van der Waals surface area contributed by atoms with Gasteiger partial charge in [0.1, 0.15) is 0 Å². The van der Waals surface area contributed by atoms with Gasteiger partial charge in [0.25, 0.3) is 0 Å². The lowest BCUT2D eigenvalue weighted by molar-refractivity contribution is 0.00558. The van der Waals surface area contributed by atoms with Gasteiger partial charge in [-0.1, -0.05) is 12.5 Å². The minimum absolute atomic E-state index is 0.396. The van der Waals surface area contributed by atoms with E-state index in [1.54, 1.807) is 0 Å². The molecule has 0 bridgehead atoms. The molecule has 144 valence electrons. The molecule has 0 spiro atoms. The molecule has 0 aromatic rings. The van der Waals surface area contributed by atoms with Crippen molar-refractivity contribution >= 4 is 0 Å². The van der Waals surface area contributed by atoms with E-state index >= 15 is 0 Å². The molecule has 0 saturated heterocycles. The van der Waals surface area contributed by atoms with Crippen molar-refractivity contribution < 1.29 is 17.9 Å². The summed E-state index contributed by atoms with van der Waals surface area (Å²) in [7, 11) is 0. The SMILES string of the molecule is C=CCCCCCOC1CCC(C2CCC(C(F)=C(F)F)CC2)CC1. The molecule has 25 heavy (non-hydrogen) atoms. The van der Waals surface area contributed by atoms with Gasteiger partial charge in [-0.25, -0.2) is 4.39 Å². The van der Waals surface area contributed by atoms with Gasteiger partial charge in [-0.3, -0.25) is 0 Å². The molecule has 0 atom stereocenters. The van der Waals surface area contributed by atoms with E-state index in [-0.39, 0.29) is 0 Å². The molecule has 2 aliphatic carbocycles. The van der Waals surface area contributed by atoms with Gasteiger partial charge in [0.05, 0.1) is 6.10 Å². The fraction of sp³-hybridized carbons (Fsp3) is 0.810. The topological polar surface area (TPSA) is 9.23 Å². The van der Waals surface area contributed by atoms with Crippen LogP contribution in [0.1, 0.15) is 77.0 Å². The Morgan fingerprint density at radius 1 is 0.840 bits per heavy atom. The first-order valence-corrected chi connectivity index (χ1v) is 10.0. The molecule has 0 aromatic carbocycles. The van der Waals surface area contributed by atoms with E-state index in [0.717, 1.165) is 45.1 Å². The molecule has 2 aliphatic rings. The van der Waals surface area contributed by atoms with Crippen LogP contribution in [-0.4, -0.2) is 12.7 Å². The van der Waals surface area contributed by atoms with Crippen molar-refractivity contribution in [2.24, 2.45) is 17.8 Å². The standard InChI is InChI=1S/C21H33F3O/c1-2-3-4-5-6-15-25-19-13-11-17(12-14-19)16-7-9-18(10-8-16)20(22)21(23)24/h2,16-19H,1,3-15H2. The summed E-state index contributed by atoms with van der Waals surface area (Å²) in [5.74, 6) is -0.437. The van der Waals surface area contributed by atoms with Crippen LogP contribution in [0.15, 0.2) is 24.6 Å². The summed E-state index contributed by atoms with van der Waals surface area (Å²) in [6, 6.07) is 0. The lowest BCUT2D eigenvalue weighted by atomic mass is 9.70. The highest BCUT2D eigenvalue weighted by molar-refractivity contribution is 5.00. The molecule has 2 saturated carbocycles. The fourth-order valence-electron chi connectivity index (χ4n) is 4.54. The molecular formula is C21H33F3O. The zero-order valence-corrected chi connectivity index (χ0v) is 15.3. The number of halogens is 3. The van der Waals surface area contributed by atoms with Gasteiger partial charge in [-0.15, -0.1) is 6.58 Å². The van der Waals surface area contributed by atoms with Crippen LogP contribution in [0.25, 0.3) is 0 Å².